The average Bonchev–Trinajstić information content (AvgIpc) is 2.66. The summed E-state index contributed by atoms with van der Waals surface area (Å²) in [6.07, 6.45) is 3.14. The minimum absolute atomic E-state index is 0.0113. The molecule has 2 aromatic heterocycles. The highest BCUT2D eigenvalue weighted by molar-refractivity contribution is 7.99. The molecule has 0 radical (unpaired) electrons. The zero-order chi connectivity index (χ0) is 19.4. The molecule has 2 heterocycles. The van der Waals surface area contributed by atoms with E-state index in [1.165, 1.54) is 10.6 Å². The molecular weight excluding hydrogens is 367 g/mol. The summed E-state index contributed by atoms with van der Waals surface area (Å²) in [6, 6.07) is 7.82. The predicted molar refractivity (Wildman–Crippen MR) is 104 cm³/mol. The largest absolute Gasteiger partial charge is 0.325 e. The molecule has 0 atom stereocenters. The number of thioether (sulfide) groups is 1. The molecule has 0 fully saturated rings. The van der Waals surface area contributed by atoms with Gasteiger partial charge in [-0.3, -0.25) is 14.2 Å². The van der Waals surface area contributed by atoms with Gasteiger partial charge in [-0.15, -0.1) is 6.58 Å². The number of rotatable bonds is 6. The molecular formula is C19H17FN4O2S. The molecule has 0 aliphatic heterocycles. The van der Waals surface area contributed by atoms with Crippen molar-refractivity contribution in [3.05, 3.63) is 70.9 Å². The molecule has 0 unspecified atom stereocenters. The normalized spacial score (nSPS) is 10.7. The molecule has 0 saturated heterocycles. The Morgan fingerprint density at radius 2 is 2.22 bits per heavy atom. The Hall–Kier alpha value is -3.00. The van der Waals surface area contributed by atoms with E-state index in [1.807, 2.05) is 0 Å². The number of benzene rings is 1. The second kappa shape index (κ2) is 8.13. The molecule has 1 amide bonds. The van der Waals surface area contributed by atoms with E-state index < -0.39 is 0 Å². The zero-order valence-electron chi connectivity index (χ0n) is 14.6. The third kappa shape index (κ3) is 4.22. The van der Waals surface area contributed by atoms with Crippen molar-refractivity contribution in [1.29, 1.82) is 0 Å². The topological polar surface area (TPSA) is 76.9 Å². The first-order valence-corrected chi connectivity index (χ1v) is 9.13. The van der Waals surface area contributed by atoms with E-state index in [1.54, 1.807) is 43.5 Å². The molecule has 0 bridgehead atoms. The Bertz CT molecular complexity index is 1080. The van der Waals surface area contributed by atoms with Gasteiger partial charge in [0.25, 0.3) is 5.56 Å². The molecule has 0 spiro atoms. The van der Waals surface area contributed by atoms with Crippen LogP contribution in [-0.4, -0.2) is 26.2 Å². The monoisotopic (exact) mass is 384 g/mol. The van der Waals surface area contributed by atoms with Crippen molar-refractivity contribution in [2.45, 2.75) is 18.6 Å². The number of nitrogens with one attached hydrogen (secondary N) is 1. The van der Waals surface area contributed by atoms with Gasteiger partial charge in [0.2, 0.25) is 5.91 Å². The first-order valence-electron chi connectivity index (χ1n) is 8.15. The SMILES string of the molecule is C=CCn1c(SCC(=O)Nc2ccc(C)c(F)c2)nc2ncccc2c1=O. The van der Waals surface area contributed by atoms with Gasteiger partial charge in [0.15, 0.2) is 10.8 Å². The molecule has 0 saturated carbocycles. The van der Waals surface area contributed by atoms with Crippen LogP contribution < -0.4 is 10.9 Å². The van der Waals surface area contributed by atoms with Crippen molar-refractivity contribution in [3.63, 3.8) is 0 Å². The third-order valence-electron chi connectivity index (χ3n) is 3.79. The number of allylic oxidation sites excluding steroid dienone is 1. The number of carbonyl (C=O) groups excluding carboxylic acids is 1. The van der Waals surface area contributed by atoms with E-state index >= 15 is 0 Å². The maximum absolute atomic E-state index is 13.6. The summed E-state index contributed by atoms with van der Waals surface area (Å²) in [7, 11) is 0. The van der Waals surface area contributed by atoms with E-state index in [0.717, 1.165) is 11.8 Å². The van der Waals surface area contributed by atoms with E-state index in [2.05, 4.69) is 21.9 Å². The first-order chi connectivity index (χ1) is 13.0. The number of hydrogen-bond donors (Lipinski definition) is 1. The van der Waals surface area contributed by atoms with Crippen molar-refractivity contribution in [3.8, 4) is 0 Å². The molecule has 3 aromatic rings. The Morgan fingerprint density at radius 1 is 1.41 bits per heavy atom. The van der Waals surface area contributed by atoms with Gasteiger partial charge in [-0.25, -0.2) is 14.4 Å². The number of fused-ring (bicyclic) bond motifs is 1. The summed E-state index contributed by atoms with van der Waals surface area (Å²) in [5.74, 6) is -0.705. The highest BCUT2D eigenvalue weighted by Crippen LogP contribution is 2.18. The van der Waals surface area contributed by atoms with Crippen LogP contribution in [0.1, 0.15) is 5.56 Å². The summed E-state index contributed by atoms with van der Waals surface area (Å²) in [6.45, 7) is 5.57. The number of carbonyl (C=O) groups is 1. The number of hydrogen-bond acceptors (Lipinski definition) is 5. The van der Waals surface area contributed by atoms with Crippen molar-refractivity contribution in [2.24, 2.45) is 0 Å². The molecule has 6 nitrogen and oxygen atoms in total. The van der Waals surface area contributed by atoms with E-state index in [4.69, 9.17) is 0 Å². The summed E-state index contributed by atoms with van der Waals surface area (Å²) >= 11 is 1.11. The van der Waals surface area contributed by atoms with Crippen LogP contribution in [0.2, 0.25) is 0 Å². The smallest absolute Gasteiger partial charge is 0.263 e. The molecule has 1 N–H and O–H groups in total. The van der Waals surface area contributed by atoms with Crippen LogP contribution in [0.4, 0.5) is 10.1 Å². The summed E-state index contributed by atoms with van der Waals surface area (Å²) in [4.78, 5) is 33.3. The molecule has 0 aliphatic rings. The lowest BCUT2D eigenvalue weighted by atomic mass is 10.2. The van der Waals surface area contributed by atoms with Gasteiger partial charge in [-0.2, -0.15) is 0 Å². The van der Waals surface area contributed by atoms with Gasteiger partial charge in [0.1, 0.15) is 5.82 Å². The molecule has 27 heavy (non-hydrogen) atoms. The van der Waals surface area contributed by atoms with Crippen LogP contribution in [-0.2, 0) is 11.3 Å². The molecule has 8 heteroatoms. The fourth-order valence-electron chi connectivity index (χ4n) is 2.43. The molecule has 1 aromatic carbocycles. The van der Waals surface area contributed by atoms with Crippen LogP contribution in [0.25, 0.3) is 11.0 Å². The van der Waals surface area contributed by atoms with E-state index in [0.29, 0.717) is 27.4 Å². The number of aromatic nitrogens is 3. The van der Waals surface area contributed by atoms with Gasteiger partial charge >= 0.3 is 0 Å². The standard InChI is InChI=1S/C19H17FN4O2S/c1-3-9-24-18(26)14-5-4-8-21-17(14)23-19(24)27-11-16(25)22-13-7-6-12(2)15(20)10-13/h3-8,10H,1,9,11H2,2H3,(H,22,25). The molecule has 3 rings (SSSR count). The third-order valence-corrected chi connectivity index (χ3v) is 4.77. The highest BCUT2D eigenvalue weighted by atomic mass is 32.2. The Kier molecular flexibility index (Phi) is 5.66. The average molecular weight is 384 g/mol. The number of halogens is 1. The number of amides is 1. The number of nitrogens with zero attached hydrogens (tertiary/aromatic N) is 3. The number of anilines is 1. The maximum atomic E-state index is 13.6. The first kappa shape index (κ1) is 18.8. The second-order valence-electron chi connectivity index (χ2n) is 5.77. The van der Waals surface area contributed by atoms with Crippen LogP contribution >= 0.6 is 11.8 Å². The minimum atomic E-state index is -0.387. The van der Waals surface area contributed by atoms with Crippen LogP contribution in [0.15, 0.2) is 59.1 Å². The zero-order valence-corrected chi connectivity index (χ0v) is 15.4. The van der Waals surface area contributed by atoms with E-state index in [-0.39, 0.29) is 29.6 Å². The lowest BCUT2D eigenvalue weighted by molar-refractivity contribution is -0.113. The second-order valence-corrected chi connectivity index (χ2v) is 6.72. The van der Waals surface area contributed by atoms with Crippen molar-refractivity contribution < 1.29 is 9.18 Å². The summed E-state index contributed by atoms with van der Waals surface area (Å²) < 4.78 is 15.0. The van der Waals surface area contributed by atoms with Crippen molar-refractivity contribution in [1.82, 2.24) is 14.5 Å². The lowest BCUT2D eigenvalue weighted by Crippen LogP contribution is -2.24. The Labute approximate surface area is 159 Å². The minimum Gasteiger partial charge on any atom is -0.325 e. The van der Waals surface area contributed by atoms with Gasteiger partial charge < -0.3 is 5.32 Å². The molecule has 138 valence electrons. The molecule has 0 aliphatic carbocycles. The summed E-state index contributed by atoms with van der Waals surface area (Å²) in [5.41, 5.74) is 0.965. The van der Waals surface area contributed by atoms with Crippen LogP contribution in [0.5, 0.6) is 0 Å². The number of aryl methyl sites for hydroxylation is 1. The number of pyridine rings is 1. The fourth-order valence-corrected chi connectivity index (χ4v) is 3.23. The van der Waals surface area contributed by atoms with Crippen molar-refractivity contribution >= 4 is 34.4 Å². The summed E-state index contributed by atoms with van der Waals surface area (Å²) in [5, 5.41) is 3.41. The maximum Gasteiger partial charge on any atom is 0.263 e. The fraction of sp³-hybridized carbons (Fsp3) is 0.158. The van der Waals surface area contributed by atoms with E-state index in [9.17, 15) is 14.0 Å². The van der Waals surface area contributed by atoms with Crippen LogP contribution in [0, 0.1) is 12.7 Å². The van der Waals surface area contributed by atoms with Gasteiger partial charge in [-0.05, 0) is 36.8 Å². The van der Waals surface area contributed by atoms with Crippen molar-refractivity contribution in [2.75, 3.05) is 11.1 Å². The predicted octanol–water partition coefficient (Wildman–Crippen LogP) is 3.16. The van der Waals surface area contributed by atoms with Gasteiger partial charge in [0, 0.05) is 18.4 Å². The quantitative estimate of drug-likeness (QED) is 0.401. The Morgan fingerprint density at radius 3 is 2.96 bits per heavy atom. The highest BCUT2D eigenvalue weighted by Gasteiger charge is 2.13. The van der Waals surface area contributed by atoms with Crippen LogP contribution in [0.3, 0.4) is 0 Å². The lowest BCUT2D eigenvalue weighted by Gasteiger charge is -2.11. The Balaban J connectivity index is 1.80. The van der Waals surface area contributed by atoms with Gasteiger partial charge in [-0.1, -0.05) is 23.9 Å². The van der Waals surface area contributed by atoms with Gasteiger partial charge in [0.05, 0.1) is 11.1 Å².